The normalized spacial score (nSPS) is 22.5. The molecule has 1 aliphatic heterocycles. The van der Waals surface area contributed by atoms with Crippen LogP contribution in [0.15, 0.2) is 18.5 Å². The maximum atomic E-state index is 12.3. The summed E-state index contributed by atoms with van der Waals surface area (Å²) in [6, 6.07) is 1.62. The van der Waals surface area contributed by atoms with E-state index in [-0.39, 0.29) is 11.9 Å². The number of carbonyl (C=O) groups is 1. The first kappa shape index (κ1) is 12.1. The van der Waals surface area contributed by atoms with E-state index in [0.717, 1.165) is 25.9 Å². The van der Waals surface area contributed by atoms with Crippen LogP contribution in [0.4, 0.5) is 0 Å². The van der Waals surface area contributed by atoms with Gasteiger partial charge in [0.05, 0.1) is 0 Å². The smallest absolute Gasteiger partial charge is 0.247 e. The van der Waals surface area contributed by atoms with E-state index in [9.17, 15) is 4.79 Å². The quantitative estimate of drug-likeness (QED) is 0.837. The van der Waals surface area contributed by atoms with Crippen LogP contribution in [0.25, 0.3) is 0 Å². The predicted octanol–water partition coefficient (Wildman–Crippen LogP) is 0.641. The molecule has 1 amide bonds. The summed E-state index contributed by atoms with van der Waals surface area (Å²) >= 11 is 0. The average Bonchev–Trinajstić information content (AvgIpc) is 2.91. The lowest BCUT2D eigenvalue weighted by molar-refractivity contribution is -0.136. The summed E-state index contributed by atoms with van der Waals surface area (Å²) < 4.78 is 1.70. The molecule has 5 nitrogen and oxygen atoms in total. The summed E-state index contributed by atoms with van der Waals surface area (Å²) in [5.41, 5.74) is 5.68. The van der Waals surface area contributed by atoms with Gasteiger partial charge in [0.15, 0.2) is 0 Å². The number of nitrogens with two attached hydrogens (primary N) is 1. The highest BCUT2D eigenvalue weighted by Gasteiger charge is 2.26. The molecular formula is C12H20N4O. The van der Waals surface area contributed by atoms with Gasteiger partial charge >= 0.3 is 0 Å². The van der Waals surface area contributed by atoms with Gasteiger partial charge in [0.2, 0.25) is 5.91 Å². The molecule has 0 saturated carbocycles. The molecule has 2 heterocycles. The number of carbonyl (C=O) groups excluding carboxylic acids is 1. The van der Waals surface area contributed by atoms with Crippen molar-refractivity contribution in [1.29, 1.82) is 0 Å². The van der Waals surface area contributed by atoms with Crippen LogP contribution in [0.3, 0.4) is 0 Å². The third-order valence-corrected chi connectivity index (χ3v) is 3.44. The van der Waals surface area contributed by atoms with Crippen molar-refractivity contribution in [3.63, 3.8) is 0 Å². The average molecular weight is 236 g/mol. The van der Waals surface area contributed by atoms with E-state index in [1.807, 2.05) is 24.1 Å². The maximum absolute atomic E-state index is 12.3. The molecule has 0 aromatic carbocycles. The topological polar surface area (TPSA) is 64.2 Å². The van der Waals surface area contributed by atoms with Gasteiger partial charge in [-0.3, -0.25) is 9.48 Å². The second-order valence-corrected chi connectivity index (χ2v) is 4.69. The standard InChI is InChI=1S/C12H20N4O/c1-10(16-7-3-5-14-16)12(17)15-6-2-4-11(8-13)9-15/h3,5,7,10-11H,2,4,6,8-9,13H2,1H3/t10-,11-/m0/s1. The van der Waals surface area contributed by atoms with Gasteiger partial charge in [-0.1, -0.05) is 0 Å². The number of nitrogens with zero attached hydrogens (tertiary/aromatic N) is 3. The van der Waals surface area contributed by atoms with Crippen LogP contribution in [-0.2, 0) is 4.79 Å². The fourth-order valence-corrected chi connectivity index (χ4v) is 2.34. The van der Waals surface area contributed by atoms with Crippen molar-refractivity contribution in [2.75, 3.05) is 19.6 Å². The van der Waals surface area contributed by atoms with Gasteiger partial charge in [-0.15, -0.1) is 0 Å². The third-order valence-electron chi connectivity index (χ3n) is 3.44. The molecule has 0 spiro atoms. The minimum atomic E-state index is -0.221. The van der Waals surface area contributed by atoms with Gasteiger partial charge in [0.25, 0.3) is 0 Å². The number of rotatable bonds is 3. The van der Waals surface area contributed by atoms with Gasteiger partial charge in [0.1, 0.15) is 6.04 Å². The van der Waals surface area contributed by atoms with Crippen molar-refractivity contribution in [2.45, 2.75) is 25.8 Å². The lowest BCUT2D eigenvalue weighted by atomic mass is 9.98. The number of hydrogen-bond acceptors (Lipinski definition) is 3. The van der Waals surface area contributed by atoms with Crippen LogP contribution < -0.4 is 5.73 Å². The molecule has 1 saturated heterocycles. The molecule has 2 N–H and O–H groups in total. The third kappa shape index (κ3) is 2.66. The summed E-state index contributed by atoms with van der Waals surface area (Å²) in [6.07, 6.45) is 5.71. The van der Waals surface area contributed by atoms with Crippen molar-refractivity contribution in [3.8, 4) is 0 Å². The van der Waals surface area contributed by atoms with E-state index >= 15 is 0 Å². The number of aromatic nitrogens is 2. The van der Waals surface area contributed by atoms with Crippen molar-refractivity contribution >= 4 is 5.91 Å². The Labute approximate surface area is 102 Å². The van der Waals surface area contributed by atoms with E-state index in [4.69, 9.17) is 5.73 Å². The zero-order valence-electron chi connectivity index (χ0n) is 10.2. The van der Waals surface area contributed by atoms with Crippen molar-refractivity contribution in [1.82, 2.24) is 14.7 Å². The van der Waals surface area contributed by atoms with Gasteiger partial charge in [-0.2, -0.15) is 5.10 Å². The Balaban J connectivity index is 1.99. The molecular weight excluding hydrogens is 216 g/mol. The Kier molecular flexibility index (Phi) is 3.78. The molecule has 0 bridgehead atoms. The second kappa shape index (κ2) is 5.31. The number of piperidine rings is 1. The van der Waals surface area contributed by atoms with Crippen LogP contribution in [0, 0.1) is 5.92 Å². The first-order valence-corrected chi connectivity index (χ1v) is 6.20. The van der Waals surface area contributed by atoms with Crippen LogP contribution in [0.2, 0.25) is 0 Å². The SMILES string of the molecule is C[C@@H](C(=O)N1CCC[C@@H](CN)C1)n1cccn1. The zero-order valence-corrected chi connectivity index (χ0v) is 10.2. The Morgan fingerprint density at radius 1 is 1.65 bits per heavy atom. The molecule has 1 aromatic rings. The Hall–Kier alpha value is -1.36. The van der Waals surface area contributed by atoms with E-state index in [1.165, 1.54) is 0 Å². The van der Waals surface area contributed by atoms with Gasteiger partial charge in [-0.25, -0.2) is 0 Å². The number of likely N-dealkylation sites (tertiary alicyclic amines) is 1. The molecule has 0 aliphatic carbocycles. The minimum Gasteiger partial charge on any atom is -0.341 e. The largest absolute Gasteiger partial charge is 0.341 e. The molecule has 1 aliphatic rings. The molecule has 94 valence electrons. The van der Waals surface area contributed by atoms with Gasteiger partial charge in [0, 0.05) is 25.5 Å². The fraction of sp³-hybridized carbons (Fsp3) is 0.667. The van der Waals surface area contributed by atoms with Crippen molar-refractivity contribution < 1.29 is 4.79 Å². The molecule has 2 rings (SSSR count). The Bertz CT molecular complexity index is 363. The zero-order chi connectivity index (χ0) is 12.3. The molecule has 0 unspecified atom stereocenters. The molecule has 17 heavy (non-hydrogen) atoms. The molecule has 0 radical (unpaired) electrons. The molecule has 2 atom stereocenters. The lowest BCUT2D eigenvalue weighted by Crippen LogP contribution is -2.44. The summed E-state index contributed by atoms with van der Waals surface area (Å²) in [5.74, 6) is 0.601. The maximum Gasteiger partial charge on any atom is 0.247 e. The Morgan fingerprint density at radius 2 is 2.47 bits per heavy atom. The first-order valence-electron chi connectivity index (χ1n) is 6.20. The van der Waals surface area contributed by atoms with Crippen LogP contribution >= 0.6 is 0 Å². The molecule has 1 aromatic heterocycles. The number of hydrogen-bond donors (Lipinski definition) is 1. The van der Waals surface area contributed by atoms with E-state index in [1.54, 1.807) is 10.9 Å². The fourth-order valence-electron chi connectivity index (χ4n) is 2.34. The van der Waals surface area contributed by atoms with E-state index in [2.05, 4.69) is 5.10 Å². The van der Waals surface area contributed by atoms with Crippen LogP contribution in [-0.4, -0.2) is 40.2 Å². The van der Waals surface area contributed by atoms with Crippen molar-refractivity contribution in [2.24, 2.45) is 11.7 Å². The second-order valence-electron chi connectivity index (χ2n) is 4.69. The van der Waals surface area contributed by atoms with Gasteiger partial charge in [-0.05, 0) is 38.3 Å². The monoisotopic (exact) mass is 236 g/mol. The van der Waals surface area contributed by atoms with Crippen LogP contribution in [0.1, 0.15) is 25.8 Å². The summed E-state index contributed by atoms with van der Waals surface area (Å²) in [5, 5.41) is 4.12. The number of amides is 1. The van der Waals surface area contributed by atoms with Crippen molar-refractivity contribution in [3.05, 3.63) is 18.5 Å². The first-order chi connectivity index (χ1) is 8.22. The highest BCUT2D eigenvalue weighted by atomic mass is 16.2. The van der Waals surface area contributed by atoms with Crippen LogP contribution in [0.5, 0.6) is 0 Å². The highest BCUT2D eigenvalue weighted by Crippen LogP contribution is 2.18. The van der Waals surface area contributed by atoms with Gasteiger partial charge < -0.3 is 10.6 Å². The predicted molar refractivity (Wildman–Crippen MR) is 65.3 cm³/mol. The summed E-state index contributed by atoms with van der Waals surface area (Å²) in [4.78, 5) is 14.2. The Morgan fingerprint density at radius 3 is 3.12 bits per heavy atom. The highest BCUT2D eigenvalue weighted by molar-refractivity contribution is 5.80. The minimum absolute atomic E-state index is 0.145. The lowest BCUT2D eigenvalue weighted by Gasteiger charge is -2.33. The molecule has 5 heteroatoms. The molecule has 1 fully saturated rings. The van der Waals surface area contributed by atoms with E-state index < -0.39 is 0 Å². The summed E-state index contributed by atoms with van der Waals surface area (Å²) in [6.45, 7) is 4.20. The van der Waals surface area contributed by atoms with E-state index in [0.29, 0.717) is 12.5 Å². The summed E-state index contributed by atoms with van der Waals surface area (Å²) in [7, 11) is 0.